The van der Waals surface area contributed by atoms with Gasteiger partial charge >= 0.3 is 0 Å². The van der Waals surface area contributed by atoms with Crippen molar-refractivity contribution in [2.75, 3.05) is 0 Å². The smallest absolute Gasteiger partial charge is 0.106 e. The van der Waals surface area contributed by atoms with E-state index in [2.05, 4.69) is 23.8 Å². The van der Waals surface area contributed by atoms with Crippen molar-refractivity contribution in [2.45, 2.75) is 52.4 Å². The second-order valence-electron chi connectivity index (χ2n) is 4.04. The Morgan fingerprint density at radius 2 is 2.14 bits per heavy atom. The molecule has 2 nitrogen and oxygen atoms in total. The van der Waals surface area contributed by atoms with E-state index in [1.807, 2.05) is 12.4 Å². The van der Waals surface area contributed by atoms with Crippen LogP contribution in [-0.4, -0.2) is 9.97 Å². The topological polar surface area (TPSA) is 28.7 Å². The number of H-pyrrole nitrogens is 1. The lowest BCUT2D eigenvalue weighted by Gasteiger charge is -2.13. The molecule has 0 aliphatic rings. The fraction of sp³-hybridized carbons (Fsp3) is 0.750. The van der Waals surface area contributed by atoms with E-state index in [4.69, 9.17) is 0 Å². The van der Waals surface area contributed by atoms with E-state index in [1.54, 1.807) is 0 Å². The van der Waals surface area contributed by atoms with Crippen LogP contribution in [0.1, 0.15) is 51.8 Å². The minimum Gasteiger partial charge on any atom is -0.349 e. The number of rotatable bonds is 7. The lowest BCUT2D eigenvalue weighted by molar-refractivity contribution is 0.420. The monoisotopic (exact) mass is 194 g/mol. The summed E-state index contributed by atoms with van der Waals surface area (Å²) >= 11 is 0. The number of imidazole rings is 1. The molecule has 0 spiro atoms. The van der Waals surface area contributed by atoms with Crippen LogP contribution in [0, 0.1) is 5.92 Å². The van der Waals surface area contributed by atoms with Gasteiger partial charge in [0, 0.05) is 18.8 Å². The maximum absolute atomic E-state index is 4.29. The first-order valence-electron chi connectivity index (χ1n) is 5.85. The molecule has 0 saturated heterocycles. The third-order valence-electron chi connectivity index (χ3n) is 2.70. The van der Waals surface area contributed by atoms with Gasteiger partial charge in [0.05, 0.1) is 0 Å². The molecule has 1 N–H and O–H groups in total. The molecule has 0 fully saturated rings. The Kier molecular flexibility index (Phi) is 5.35. The van der Waals surface area contributed by atoms with Gasteiger partial charge in [-0.15, -0.1) is 0 Å². The molecule has 0 aliphatic carbocycles. The number of unbranched alkanes of at least 4 members (excludes halogenated alkanes) is 1. The van der Waals surface area contributed by atoms with Crippen molar-refractivity contribution >= 4 is 0 Å². The van der Waals surface area contributed by atoms with Gasteiger partial charge in [-0.25, -0.2) is 4.98 Å². The summed E-state index contributed by atoms with van der Waals surface area (Å²) in [4.78, 5) is 7.48. The quantitative estimate of drug-likeness (QED) is 0.706. The molecule has 1 unspecified atom stereocenters. The predicted molar refractivity (Wildman–Crippen MR) is 60.2 cm³/mol. The highest BCUT2D eigenvalue weighted by Crippen LogP contribution is 2.18. The highest BCUT2D eigenvalue weighted by Gasteiger charge is 2.09. The van der Waals surface area contributed by atoms with Crippen LogP contribution in [-0.2, 0) is 6.42 Å². The van der Waals surface area contributed by atoms with Gasteiger partial charge in [-0.3, -0.25) is 0 Å². The number of aromatic nitrogens is 2. The Morgan fingerprint density at radius 3 is 2.71 bits per heavy atom. The molecular weight excluding hydrogens is 172 g/mol. The van der Waals surface area contributed by atoms with Crippen LogP contribution in [0.4, 0.5) is 0 Å². The van der Waals surface area contributed by atoms with Gasteiger partial charge in [-0.1, -0.05) is 46.0 Å². The van der Waals surface area contributed by atoms with Gasteiger partial charge < -0.3 is 4.98 Å². The second-order valence-corrected chi connectivity index (χ2v) is 4.04. The Morgan fingerprint density at radius 1 is 1.29 bits per heavy atom. The summed E-state index contributed by atoms with van der Waals surface area (Å²) in [5.74, 6) is 1.98. The van der Waals surface area contributed by atoms with E-state index in [9.17, 15) is 0 Å². The lowest BCUT2D eigenvalue weighted by Crippen LogP contribution is -2.05. The van der Waals surface area contributed by atoms with Crippen molar-refractivity contribution in [1.82, 2.24) is 9.97 Å². The molecule has 1 atom stereocenters. The fourth-order valence-corrected chi connectivity index (χ4v) is 1.93. The molecule has 2 heteroatoms. The number of hydrogen-bond donors (Lipinski definition) is 1. The van der Waals surface area contributed by atoms with Gasteiger partial charge in [-0.05, 0) is 5.92 Å². The summed E-state index contributed by atoms with van der Waals surface area (Å²) in [5, 5.41) is 0. The van der Waals surface area contributed by atoms with Gasteiger partial charge in [0.25, 0.3) is 0 Å². The minimum absolute atomic E-state index is 0.825. The molecule has 0 aromatic carbocycles. The first-order chi connectivity index (χ1) is 6.86. The van der Waals surface area contributed by atoms with E-state index < -0.39 is 0 Å². The van der Waals surface area contributed by atoms with Crippen molar-refractivity contribution in [2.24, 2.45) is 5.92 Å². The molecule has 1 rings (SSSR count). The minimum atomic E-state index is 0.825. The molecule has 1 heterocycles. The Balaban J connectivity index is 2.34. The molecule has 0 bridgehead atoms. The maximum Gasteiger partial charge on any atom is 0.106 e. The zero-order chi connectivity index (χ0) is 10.2. The molecular formula is C12H22N2. The van der Waals surface area contributed by atoms with Gasteiger partial charge in [0.2, 0.25) is 0 Å². The third kappa shape index (κ3) is 3.95. The summed E-state index contributed by atoms with van der Waals surface area (Å²) < 4.78 is 0. The molecule has 14 heavy (non-hydrogen) atoms. The van der Waals surface area contributed by atoms with Crippen molar-refractivity contribution in [3.05, 3.63) is 18.2 Å². The van der Waals surface area contributed by atoms with Crippen molar-refractivity contribution in [3.8, 4) is 0 Å². The highest BCUT2D eigenvalue weighted by molar-refractivity contribution is 4.88. The summed E-state index contributed by atoms with van der Waals surface area (Å²) in [5.41, 5.74) is 0. The predicted octanol–water partition coefficient (Wildman–Crippen LogP) is 3.56. The molecule has 1 aromatic rings. The van der Waals surface area contributed by atoms with E-state index in [0.29, 0.717) is 0 Å². The van der Waals surface area contributed by atoms with Crippen molar-refractivity contribution < 1.29 is 0 Å². The van der Waals surface area contributed by atoms with Crippen molar-refractivity contribution in [1.29, 1.82) is 0 Å². The zero-order valence-corrected chi connectivity index (χ0v) is 9.42. The Labute approximate surface area is 87.1 Å². The molecule has 1 aromatic heterocycles. The van der Waals surface area contributed by atoms with Crippen molar-refractivity contribution in [3.63, 3.8) is 0 Å². The van der Waals surface area contributed by atoms with Crippen LogP contribution in [0.25, 0.3) is 0 Å². The first-order valence-corrected chi connectivity index (χ1v) is 5.85. The third-order valence-corrected chi connectivity index (χ3v) is 2.70. The number of aromatic amines is 1. The van der Waals surface area contributed by atoms with E-state index in [-0.39, 0.29) is 0 Å². The van der Waals surface area contributed by atoms with Crippen LogP contribution in [0.3, 0.4) is 0 Å². The Hall–Kier alpha value is -0.790. The molecule has 0 saturated carbocycles. The first kappa shape index (κ1) is 11.3. The van der Waals surface area contributed by atoms with E-state index in [0.717, 1.165) is 18.2 Å². The van der Waals surface area contributed by atoms with Gasteiger partial charge in [0.15, 0.2) is 0 Å². The summed E-state index contributed by atoms with van der Waals surface area (Å²) in [7, 11) is 0. The summed E-state index contributed by atoms with van der Waals surface area (Å²) in [6.45, 7) is 4.52. The molecule has 0 radical (unpaired) electrons. The van der Waals surface area contributed by atoms with Gasteiger partial charge in [0.1, 0.15) is 5.82 Å². The standard InChI is InChI=1S/C12H22N2/c1-3-5-7-11(6-4-2)10-12-13-8-9-14-12/h8-9,11H,3-7,10H2,1-2H3,(H,13,14). The lowest BCUT2D eigenvalue weighted by atomic mass is 9.93. The number of nitrogens with zero attached hydrogens (tertiary/aromatic N) is 1. The van der Waals surface area contributed by atoms with Crippen LogP contribution in [0.5, 0.6) is 0 Å². The van der Waals surface area contributed by atoms with Crippen LogP contribution in [0.15, 0.2) is 12.4 Å². The maximum atomic E-state index is 4.29. The largest absolute Gasteiger partial charge is 0.349 e. The molecule has 0 aliphatic heterocycles. The summed E-state index contributed by atoms with van der Waals surface area (Å²) in [6, 6.07) is 0. The van der Waals surface area contributed by atoms with Crippen LogP contribution < -0.4 is 0 Å². The average molecular weight is 194 g/mol. The Bertz CT molecular complexity index is 216. The number of nitrogens with one attached hydrogen (secondary N) is 1. The second kappa shape index (κ2) is 6.63. The molecule has 80 valence electrons. The normalized spacial score (nSPS) is 13.0. The fourth-order valence-electron chi connectivity index (χ4n) is 1.93. The zero-order valence-electron chi connectivity index (χ0n) is 9.42. The number of hydrogen-bond acceptors (Lipinski definition) is 1. The van der Waals surface area contributed by atoms with E-state index in [1.165, 1.54) is 32.1 Å². The SMILES string of the molecule is CCCCC(CCC)Cc1ncc[nH]1. The molecule has 0 amide bonds. The van der Waals surface area contributed by atoms with Crippen LogP contribution in [0.2, 0.25) is 0 Å². The average Bonchev–Trinajstić information content (AvgIpc) is 2.67. The van der Waals surface area contributed by atoms with Crippen LogP contribution >= 0.6 is 0 Å². The highest BCUT2D eigenvalue weighted by atomic mass is 14.9. The summed E-state index contributed by atoms with van der Waals surface area (Å²) in [6.07, 6.45) is 11.5. The van der Waals surface area contributed by atoms with Gasteiger partial charge in [-0.2, -0.15) is 0 Å². The van der Waals surface area contributed by atoms with E-state index >= 15 is 0 Å².